The van der Waals surface area contributed by atoms with Gasteiger partial charge in [0.2, 0.25) is 10.7 Å². The molecule has 1 aliphatic heterocycles. The van der Waals surface area contributed by atoms with Gasteiger partial charge in [0.05, 0.1) is 11.3 Å². The number of aromatic nitrogens is 4. The van der Waals surface area contributed by atoms with Crippen LogP contribution in [-0.2, 0) is 16.1 Å². The van der Waals surface area contributed by atoms with Gasteiger partial charge in [-0.3, -0.25) is 19.2 Å². The summed E-state index contributed by atoms with van der Waals surface area (Å²) in [5.74, 6) is -3.43. The van der Waals surface area contributed by atoms with Gasteiger partial charge < -0.3 is 31.5 Å². The zero-order chi connectivity index (χ0) is 29.3. The molecule has 0 fully saturated rings. The average Bonchev–Trinajstić information content (AvgIpc) is 3.34. The number of nitrogens with two attached hydrogens (primary N) is 1. The highest BCUT2D eigenvalue weighted by Crippen LogP contribution is 2.28. The van der Waals surface area contributed by atoms with E-state index in [-0.39, 0.29) is 52.1 Å². The Bertz CT molecular complexity index is 1800. The number of carbonyl (C=O) groups excluding carboxylic acids is 4. The number of carboxylic acid groups (broad SMARTS) is 1. The number of H-pyrrole nitrogens is 1. The molecule has 2 aromatic carbocycles. The number of primary amides is 1. The third kappa shape index (κ3) is 5.57. The number of carbonyl (C=O) groups is 5. The van der Waals surface area contributed by atoms with E-state index in [1.807, 2.05) is 0 Å². The van der Waals surface area contributed by atoms with Crippen LogP contribution in [0.15, 0.2) is 48.5 Å². The molecule has 0 aliphatic carbocycles. The number of anilines is 1. The van der Waals surface area contributed by atoms with E-state index in [1.165, 1.54) is 34.7 Å². The van der Waals surface area contributed by atoms with Crippen LogP contribution in [0, 0.1) is 4.77 Å². The number of carboxylic acids is 1. The normalized spacial score (nSPS) is 12.9. The third-order valence-electron chi connectivity index (χ3n) is 6.04. The molecule has 2 aromatic heterocycles. The van der Waals surface area contributed by atoms with Gasteiger partial charge in [0.25, 0.3) is 23.5 Å². The van der Waals surface area contributed by atoms with Crippen molar-refractivity contribution >= 4 is 53.3 Å². The molecule has 0 saturated carbocycles. The summed E-state index contributed by atoms with van der Waals surface area (Å²) in [6, 6.07) is 10.1. The van der Waals surface area contributed by atoms with Gasteiger partial charge in [-0.25, -0.2) is 19.3 Å². The van der Waals surface area contributed by atoms with Crippen LogP contribution in [-0.4, -0.2) is 60.9 Å². The highest BCUT2D eigenvalue weighted by Gasteiger charge is 2.25. The monoisotopic (exact) mass is 576 g/mol. The van der Waals surface area contributed by atoms with Crippen molar-refractivity contribution in [1.82, 2.24) is 30.2 Å². The van der Waals surface area contributed by atoms with Gasteiger partial charge in [0.1, 0.15) is 23.2 Å². The highest BCUT2D eigenvalue weighted by atomic mass is 32.1. The molecule has 0 unspecified atom stereocenters. The maximum Gasteiger partial charge on any atom is 0.335 e. The summed E-state index contributed by atoms with van der Waals surface area (Å²) in [7, 11) is 0. The van der Waals surface area contributed by atoms with E-state index in [1.54, 1.807) is 18.2 Å². The Morgan fingerprint density at radius 1 is 1.12 bits per heavy atom. The number of rotatable bonds is 8. The predicted octanol–water partition coefficient (Wildman–Crippen LogP) is 0.702. The molecule has 0 radical (unpaired) electrons. The van der Waals surface area contributed by atoms with Crippen LogP contribution < -0.4 is 26.4 Å². The number of hydrogen-bond acceptors (Lipinski definition) is 9. The Labute approximate surface area is 234 Å². The number of fused-ring (bicyclic) bond motifs is 2. The lowest BCUT2D eigenvalue weighted by Crippen LogP contribution is -2.38. The molecule has 4 amide bonds. The number of hydrogen-bond donors (Lipinski definition) is 6. The summed E-state index contributed by atoms with van der Waals surface area (Å²) in [4.78, 5) is 65.5. The second kappa shape index (κ2) is 10.9. The summed E-state index contributed by atoms with van der Waals surface area (Å²) < 4.78 is 6.51. The molecule has 1 aliphatic rings. The van der Waals surface area contributed by atoms with Crippen LogP contribution in [0.1, 0.15) is 48.5 Å². The van der Waals surface area contributed by atoms with Crippen molar-refractivity contribution in [1.29, 1.82) is 0 Å². The molecule has 3 heterocycles. The molecule has 7 N–H and O–H groups in total. The Morgan fingerprint density at radius 2 is 1.88 bits per heavy atom. The molecular formula is C25H20N8O7S. The smallest absolute Gasteiger partial charge is 0.335 e. The molecule has 208 valence electrons. The highest BCUT2D eigenvalue weighted by molar-refractivity contribution is 7.71. The molecule has 1 atom stereocenters. The standard InChI is InChI=1S/C25H20N8O7S/c26-20(35)19(12-2-4-13(5-3-12)23(38)39)30-22(37)16-8-15(29-24-31-32-25(41)33(16)24)21(36)27-9-11-1-6-17-14(7-11)28-18(34)10-40-17/h1-8,19H,9-10H2,(H2,26,35)(H,27,36)(H,28,34)(H,30,37)(H,32,41)(H,38,39)/t19-/m1/s1. The summed E-state index contributed by atoms with van der Waals surface area (Å²) in [5.41, 5.74) is 6.52. The van der Waals surface area contributed by atoms with Gasteiger partial charge in [0, 0.05) is 6.54 Å². The minimum absolute atomic E-state index is 0.00405. The van der Waals surface area contributed by atoms with Crippen molar-refractivity contribution in [3.05, 3.63) is 81.4 Å². The minimum atomic E-state index is -1.33. The van der Waals surface area contributed by atoms with Gasteiger partial charge in [-0.1, -0.05) is 18.2 Å². The molecule has 0 spiro atoms. The van der Waals surface area contributed by atoms with E-state index >= 15 is 0 Å². The van der Waals surface area contributed by atoms with Gasteiger partial charge in [-0.05, 0) is 53.7 Å². The molecule has 0 saturated heterocycles. The maximum atomic E-state index is 13.4. The average molecular weight is 577 g/mol. The van der Waals surface area contributed by atoms with Crippen LogP contribution in [0.25, 0.3) is 5.78 Å². The van der Waals surface area contributed by atoms with Crippen LogP contribution in [0.5, 0.6) is 5.75 Å². The molecule has 0 bridgehead atoms. The van der Waals surface area contributed by atoms with Gasteiger partial charge >= 0.3 is 5.97 Å². The summed E-state index contributed by atoms with van der Waals surface area (Å²) >= 11 is 5.21. The van der Waals surface area contributed by atoms with E-state index in [9.17, 15) is 24.0 Å². The maximum absolute atomic E-state index is 13.4. The minimum Gasteiger partial charge on any atom is -0.482 e. The molecule has 5 rings (SSSR count). The molecular weight excluding hydrogens is 556 g/mol. The number of aromatic carboxylic acids is 1. The van der Waals surface area contributed by atoms with Crippen molar-refractivity contribution in [2.45, 2.75) is 12.6 Å². The summed E-state index contributed by atoms with van der Waals surface area (Å²) in [6.45, 7) is -0.0269. The fourth-order valence-electron chi connectivity index (χ4n) is 4.05. The van der Waals surface area contributed by atoms with Crippen molar-refractivity contribution in [2.24, 2.45) is 5.73 Å². The van der Waals surface area contributed by atoms with Gasteiger partial charge in [0.15, 0.2) is 6.61 Å². The lowest BCUT2D eigenvalue weighted by Gasteiger charge is -2.18. The van der Waals surface area contributed by atoms with E-state index in [0.29, 0.717) is 17.0 Å². The molecule has 15 nitrogen and oxygen atoms in total. The lowest BCUT2D eigenvalue weighted by molar-refractivity contribution is -0.120. The van der Waals surface area contributed by atoms with Crippen LogP contribution in [0.4, 0.5) is 5.69 Å². The number of ether oxygens (including phenoxy) is 1. The van der Waals surface area contributed by atoms with Crippen LogP contribution in [0.3, 0.4) is 0 Å². The number of nitrogens with one attached hydrogen (secondary N) is 4. The van der Waals surface area contributed by atoms with Crippen LogP contribution >= 0.6 is 12.2 Å². The Hall–Kier alpha value is -5.64. The SMILES string of the molecule is NC(=O)[C@H](NC(=O)c1cc(C(=O)NCc2ccc3c(c2)NC(=O)CO3)nc2n[nH]c(=S)n12)c1ccc(C(=O)O)cc1. The number of amides is 4. The topological polar surface area (TPSA) is 223 Å². The van der Waals surface area contributed by atoms with E-state index in [2.05, 4.69) is 31.1 Å². The fraction of sp³-hybridized carbons (Fsp3) is 0.120. The summed E-state index contributed by atoms with van der Waals surface area (Å²) in [5, 5.41) is 23.4. The Kier molecular flexibility index (Phi) is 7.13. The number of benzene rings is 2. The first-order valence-corrected chi connectivity index (χ1v) is 12.3. The number of nitrogens with zero attached hydrogens (tertiary/aromatic N) is 3. The Morgan fingerprint density at radius 3 is 2.59 bits per heavy atom. The van der Waals surface area contributed by atoms with Crippen molar-refractivity contribution in [3.8, 4) is 5.75 Å². The first-order valence-electron chi connectivity index (χ1n) is 11.9. The largest absolute Gasteiger partial charge is 0.482 e. The second-order valence-corrected chi connectivity index (χ2v) is 9.16. The molecule has 4 aromatic rings. The van der Waals surface area contributed by atoms with Crippen molar-refractivity contribution < 1.29 is 33.8 Å². The summed E-state index contributed by atoms with van der Waals surface area (Å²) in [6.07, 6.45) is 0. The van der Waals surface area contributed by atoms with E-state index < -0.39 is 29.7 Å². The zero-order valence-corrected chi connectivity index (χ0v) is 21.7. The van der Waals surface area contributed by atoms with E-state index in [4.69, 9.17) is 27.8 Å². The quantitative estimate of drug-likeness (QED) is 0.161. The lowest BCUT2D eigenvalue weighted by atomic mass is 10.0. The third-order valence-corrected chi connectivity index (χ3v) is 6.31. The van der Waals surface area contributed by atoms with Crippen molar-refractivity contribution in [2.75, 3.05) is 11.9 Å². The van der Waals surface area contributed by atoms with E-state index in [0.717, 1.165) is 0 Å². The zero-order valence-electron chi connectivity index (χ0n) is 20.8. The predicted molar refractivity (Wildman–Crippen MR) is 143 cm³/mol. The molecule has 16 heteroatoms. The molecule has 41 heavy (non-hydrogen) atoms. The fourth-order valence-corrected chi connectivity index (χ4v) is 4.28. The first kappa shape index (κ1) is 26.9. The van der Waals surface area contributed by atoms with Crippen LogP contribution in [0.2, 0.25) is 0 Å². The second-order valence-electron chi connectivity index (χ2n) is 8.78. The number of aromatic amines is 1. The van der Waals surface area contributed by atoms with Crippen molar-refractivity contribution in [3.63, 3.8) is 0 Å². The Balaban J connectivity index is 1.39. The van der Waals surface area contributed by atoms with Gasteiger partial charge in [-0.2, -0.15) is 0 Å². The first-order chi connectivity index (χ1) is 19.6. The van der Waals surface area contributed by atoms with Gasteiger partial charge in [-0.15, -0.1) is 5.10 Å².